The van der Waals surface area contributed by atoms with E-state index < -0.39 is 11.6 Å². The molecule has 1 heterocycles. The number of carboxylic acids is 1. The summed E-state index contributed by atoms with van der Waals surface area (Å²) in [7, 11) is 0. The van der Waals surface area contributed by atoms with E-state index in [1.807, 2.05) is 0 Å². The van der Waals surface area contributed by atoms with Crippen LogP contribution in [-0.2, 0) is 9.63 Å². The second-order valence-corrected chi connectivity index (χ2v) is 2.40. The Balaban J connectivity index is 2.86. The van der Waals surface area contributed by atoms with Crippen LogP contribution in [0, 0.1) is 0 Å². The summed E-state index contributed by atoms with van der Waals surface area (Å²) >= 11 is 0. The molecule has 2 N–H and O–H groups in total. The molecule has 62 valence electrons. The molecule has 0 aliphatic carbocycles. The lowest BCUT2D eigenvalue weighted by Crippen LogP contribution is -2.42. The fraction of sp³-hybridized carbons (Fsp3) is 0.667. The zero-order valence-corrected chi connectivity index (χ0v) is 6.07. The van der Waals surface area contributed by atoms with Gasteiger partial charge < -0.3 is 15.1 Å². The molecule has 0 spiro atoms. The monoisotopic (exact) mass is 159 g/mol. The van der Waals surface area contributed by atoms with Crippen LogP contribution in [-0.4, -0.2) is 34.1 Å². The van der Waals surface area contributed by atoms with E-state index in [-0.39, 0.29) is 18.7 Å². The summed E-state index contributed by atoms with van der Waals surface area (Å²) in [4.78, 5) is 14.9. The number of nitrogens with zero attached hydrogens (tertiary/aromatic N) is 1. The van der Waals surface area contributed by atoms with Crippen LogP contribution in [0.3, 0.4) is 0 Å². The molecule has 0 aromatic carbocycles. The van der Waals surface area contributed by atoms with E-state index in [0.717, 1.165) is 0 Å². The normalized spacial score (nSPS) is 29.5. The molecule has 0 aromatic heterocycles. The van der Waals surface area contributed by atoms with Gasteiger partial charge in [0.2, 0.25) is 0 Å². The van der Waals surface area contributed by atoms with Crippen molar-refractivity contribution in [3.63, 3.8) is 0 Å². The van der Waals surface area contributed by atoms with Crippen molar-refractivity contribution in [2.75, 3.05) is 6.61 Å². The molecule has 0 fully saturated rings. The van der Waals surface area contributed by atoms with Gasteiger partial charge in [0, 0.05) is 0 Å². The van der Waals surface area contributed by atoms with Gasteiger partial charge in [0.1, 0.15) is 0 Å². The van der Waals surface area contributed by atoms with Crippen LogP contribution in [0.5, 0.6) is 0 Å². The Morgan fingerprint density at radius 2 is 2.55 bits per heavy atom. The summed E-state index contributed by atoms with van der Waals surface area (Å²) in [6.07, 6.45) is 0.290. The minimum atomic E-state index is -1.40. The highest BCUT2D eigenvalue weighted by Gasteiger charge is 2.42. The van der Waals surface area contributed by atoms with E-state index >= 15 is 0 Å². The van der Waals surface area contributed by atoms with Crippen molar-refractivity contribution < 1.29 is 19.8 Å². The van der Waals surface area contributed by atoms with E-state index in [2.05, 4.69) is 9.99 Å². The summed E-state index contributed by atoms with van der Waals surface area (Å²) < 4.78 is 0. The average molecular weight is 159 g/mol. The number of oxime groups is 1. The van der Waals surface area contributed by atoms with Crippen molar-refractivity contribution in [1.29, 1.82) is 0 Å². The lowest BCUT2D eigenvalue weighted by molar-refractivity contribution is -0.130. The minimum Gasteiger partial charge on any atom is -0.477 e. The highest BCUT2D eigenvalue weighted by Crippen LogP contribution is 2.19. The minimum absolute atomic E-state index is 0.0644. The molecule has 11 heavy (non-hydrogen) atoms. The number of carboxylic acid groups (broad SMARTS) is 1. The summed E-state index contributed by atoms with van der Waals surface area (Å²) in [5.74, 6) is -1.23. The van der Waals surface area contributed by atoms with Crippen LogP contribution >= 0.6 is 0 Å². The largest absolute Gasteiger partial charge is 0.477 e. The van der Waals surface area contributed by atoms with Gasteiger partial charge >= 0.3 is 5.97 Å². The molecular formula is C6H9NO4. The third kappa shape index (κ3) is 1.19. The fourth-order valence-electron chi connectivity index (χ4n) is 0.865. The van der Waals surface area contributed by atoms with Gasteiger partial charge in [-0.15, -0.1) is 0 Å². The second-order valence-electron chi connectivity index (χ2n) is 2.40. The Hall–Kier alpha value is -1.10. The standard InChI is InChI=1S/C6H9NO4/c1-2-6(10)3-11-7-4(6)5(8)9/h10H,2-3H2,1H3,(H,8,9). The maximum Gasteiger partial charge on any atom is 0.356 e. The molecule has 1 rings (SSSR count). The molecule has 1 atom stereocenters. The average Bonchev–Trinajstić information content (AvgIpc) is 2.32. The predicted molar refractivity (Wildman–Crippen MR) is 36.3 cm³/mol. The van der Waals surface area contributed by atoms with Crippen molar-refractivity contribution in [3.05, 3.63) is 0 Å². The first-order chi connectivity index (χ1) is 5.10. The van der Waals surface area contributed by atoms with Crippen molar-refractivity contribution in [1.82, 2.24) is 0 Å². The van der Waals surface area contributed by atoms with E-state index in [9.17, 15) is 9.90 Å². The Bertz CT molecular complexity index is 213. The molecule has 0 bridgehead atoms. The molecule has 5 heteroatoms. The molecule has 1 aliphatic rings. The Labute approximate surface area is 63.3 Å². The van der Waals surface area contributed by atoms with Crippen LogP contribution in [0.25, 0.3) is 0 Å². The Morgan fingerprint density at radius 3 is 2.91 bits per heavy atom. The smallest absolute Gasteiger partial charge is 0.356 e. The highest BCUT2D eigenvalue weighted by atomic mass is 16.6. The van der Waals surface area contributed by atoms with Crippen molar-refractivity contribution in [2.45, 2.75) is 18.9 Å². The fourth-order valence-corrected chi connectivity index (χ4v) is 0.865. The van der Waals surface area contributed by atoms with E-state index in [0.29, 0.717) is 0 Å². The first-order valence-electron chi connectivity index (χ1n) is 3.26. The molecule has 5 nitrogen and oxygen atoms in total. The first kappa shape index (κ1) is 8.00. The Morgan fingerprint density at radius 1 is 1.91 bits per heavy atom. The van der Waals surface area contributed by atoms with Crippen molar-refractivity contribution >= 4 is 11.7 Å². The van der Waals surface area contributed by atoms with Crippen LogP contribution in [0.15, 0.2) is 5.16 Å². The van der Waals surface area contributed by atoms with E-state index in [1.54, 1.807) is 6.92 Å². The third-order valence-electron chi connectivity index (χ3n) is 1.69. The van der Waals surface area contributed by atoms with Crippen LogP contribution in [0.1, 0.15) is 13.3 Å². The van der Waals surface area contributed by atoms with Crippen molar-refractivity contribution in [3.8, 4) is 0 Å². The van der Waals surface area contributed by atoms with Crippen molar-refractivity contribution in [2.24, 2.45) is 5.16 Å². The second kappa shape index (κ2) is 2.50. The SMILES string of the molecule is CCC1(O)CON=C1C(=O)O. The number of carbonyl (C=O) groups is 1. The third-order valence-corrected chi connectivity index (χ3v) is 1.69. The zero-order chi connectivity index (χ0) is 8.48. The maximum atomic E-state index is 10.4. The highest BCUT2D eigenvalue weighted by molar-refractivity contribution is 6.39. The first-order valence-corrected chi connectivity index (χ1v) is 3.26. The van der Waals surface area contributed by atoms with Gasteiger partial charge in [0.25, 0.3) is 0 Å². The van der Waals surface area contributed by atoms with Crippen LogP contribution in [0.2, 0.25) is 0 Å². The van der Waals surface area contributed by atoms with Gasteiger partial charge in [-0.2, -0.15) is 0 Å². The van der Waals surface area contributed by atoms with Gasteiger partial charge in [-0.1, -0.05) is 12.1 Å². The van der Waals surface area contributed by atoms with Gasteiger partial charge in [-0.25, -0.2) is 4.79 Å². The predicted octanol–water partition coefficient (Wildman–Crippen LogP) is -0.402. The molecule has 0 radical (unpaired) electrons. The van der Waals surface area contributed by atoms with Gasteiger partial charge in [0.05, 0.1) is 0 Å². The molecule has 0 saturated carbocycles. The molecule has 0 saturated heterocycles. The quantitative estimate of drug-likeness (QED) is 0.574. The lowest BCUT2D eigenvalue weighted by atomic mass is 9.96. The topological polar surface area (TPSA) is 79.1 Å². The summed E-state index contributed by atoms with van der Waals surface area (Å²) in [6.45, 7) is 1.61. The number of aliphatic carboxylic acids is 1. The summed E-state index contributed by atoms with van der Waals surface area (Å²) in [6, 6.07) is 0. The molecule has 0 aromatic rings. The molecule has 1 aliphatic heterocycles. The van der Waals surface area contributed by atoms with Gasteiger partial charge in [-0.05, 0) is 6.42 Å². The Kier molecular flexibility index (Phi) is 1.82. The van der Waals surface area contributed by atoms with Gasteiger partial charge in [0.15, 0.2) is 17.9 Å². The number of hydrogen-bond donors (Lipinski definition) is 2. The van der Waals surface area contributed by atoms with Gasteiger partial charge in [-0.3, -0.25) is 0 Å². The lowest BCUT2D eigenvalue weighted by Gasteiger charge is -2.16. The van der Waals surface area contributed by atoms with E-state index in [4.69, 9.17) is 5.11 Å². The molecule has 0 amide bonds. The summed E-state index contributed by atoms with van der Waals surface area (Å²) in [5.41, 5.74) is -1.70. The van der Waals surface area contributed by atoms with Crippen LogP contribution in [0.4, 0.5) is 0 Å². The zero-order valence-electron chi connectivity index (χ0n) is 6.07. The molecular weight excluding hydrogens is 150 g/mol. The maximum absolute atomic E-state index is 10.4. The number of hydrogen-bond acceptors (Lipinski definition) is 4. The van der Waals surface area contributed by atoms with Crippen LogP contribution < -0.4 is 0 Å². The van der Waals surface area contributed by atoms with E-state index in [1.165, 1.54) is 0 Å². The molecule has 1 unspecified atom stereocenters. The number of rotatable bonds is 2. The number of aliphatic hydroxyl groups is 1. The summed E-state index contributed by atoms with van der Waals surface area (Å²) in [5, 5.41) is 21.2.